The maximum atomic E-state index is 10.0. The Morgan fingerprint density at radius 2 is 2.67 bits per heavy atom. The van der Waals surface area contributed by atoms with Crippen LogP contribution in [0.3, 0.4) is 0 Å². The summed E-state index contributed by atoms with van der Waals surface area (Å²) in [5.41, 5.74) is 0. The lowest BCUT2D eigenvalue weighted by molar-refractivity contribution is 0.356. The third-order valence-electron chi connectivity index (χ3n) is 0.410. The van der Waals surface area contributed by atoms with Gasteiger partial charge in [-0.3, -0.25) is 5.11 Å². The molecule has 1 rings (SSSR count). The van der Waals surface area contributed by atoms with E-state index < -0.39 is 0 Å². The molecule has 0 aromatic carbocycles. The Bertz CT molecular complexity index is 114. The zero-order chi connectivity index (χ0) is 4.41. The minimum atomic E-state index is 0.000000000000000222. The summed E-state index contributed by atoms with van der Waals surface area (Å²) in [6.45, 7) is 0. The largest absolute Gasteiger partial charge is 0.287 e. The second-order valence-corrected chi connectivity index (χ2v) is 1.52. The summed E-state index contributed by atoms with van der Waals surface area (Å²) in [4.78, 5) is 0. The fourth-order valence-corrected chi connectivity index (χ4v) is 0.586. The second-order valence-electron chi connectivity index (χ2n) is 0.860. The summed E-state index contributed by atoms with van der Waals surface area (Å²) in [5, 5.41) is 11.5. The smallest absolute Gasteiger partial charge is 0.209 e. The average molecular weight is 100 g/mol. The molecule has 0 N–H and O–H groups in total. The van der Waals surface area contributed by atoms with Gasteiger partial charge < -0.3 is 0 Å². The van der Waals surface area contributed by atoms with E-state index in [0.29, 0.717) is 0 Å². The third-order valence-corrected chi connectivity index (χ3v) is 0.975. The van der Waals surface area contributed by atoms with E-state index in [4.69, 9.17) is 0 Å². The molecule has 0 aliphatic rings. The van der Waals surface area contributed by atoms with Crippen LogP contribution in [0.25, 0.3) is 0 Å². The highest BCUT2D eigenvalue weighted by molar-refractivity contribution is 7.03. The minimum absolute atomic E-state index is 0.000000000000000222. The first-order valence-corrected chi connectivity index (χ1v) is 2.29. The van der Waals surface area contributed by atoms with Gasteiger partial charge in [0.1, 0.15) is 0 Å². The summed E-state index contributed by atoms with van der Waals surface area (Å²) in [5.74, 6) is 0.000000000000000222. The van der Waals surface area contributed by atoms with Crippen LogP contribution >= 0.6 is 11.5 Å². The van der Waals surface area contributed by atoms with E-state index in [0.717, 1.165) is 0 Å². The summed E-state index contributed by atoms with van der Waals surface area (Å²) in [7, 11) is 0. The first-order chi connectivity index (χ1) is 2.89. The van der Waals surface area contributed by atoms with Gasteiger partial charge in [0.25, 0.3) is 0 Å². The van der Waals surface area contributed by atoms with Gasteiger partial charge in [0.2, 0.25) is 5.75 Å². The maximum Gasteiger partial charge on any atom is 0.209 e. The lowest BCUT2D eigenvalue weighted by atomic mass is 10.7. The lowest BCUT2D eigenvalue weighted by Crippen LogP contribution is -1.40. The Hall–Kier alpha value is -0.570. The van der Waals surface area contributed by atoms with E-state index in [2.05, 4.69) is 4.37 Å². The molecular weight excluding hydrogens is 98.1 g/mol. The summed E-state index contributed by atoms with van der Waals surface area (Å²) in [6.07, 6.45) is 1.30. The van der Waals surface area contributed by atoms with Crippen molar-refractivity contribution in [3.05, 3.63) is 11.6 Å². The fourth-order valence-electron chi connectivity index (χ4n) is 0.195. The Morgan fingerprint density at radius 3 is 2.83 bits per heavy atom. The molecule has 0 unspecified atom stereocenters. The van der Waals surface area contributed by atoms with Crippen molar-refractivity contribution < 1.29 is 5.11 Å². The van der Waals surface area contributed by atoms with Crippen molar-refractivity contribution in [1.82, 2.24) is 4.37 Å². The Kier molecular flexibility index (Phi) is 0.759. The highest BCUT2D eigenvalue weighted by Gasteiger charge is 1.83. The lowest BCUT2D eigenvalue weighted by Gasteiger charge is -1.57. The van der Waals surface area contributed by atoms with Gasteiger partial charge in [-0.1, -0.05) is 0 Å². The minimum Gasteiger partial charge on any atom is -0.287 e. The average Bonchev–Trinajstić information content (AvgIpc) is 1.86. The molecule has 1 radical (unpaired) electrons. The molecule has 6 heavy (non-hydrogen) atoms. The highest BCUT2D eigenvalue weighted by Crippen LogP contribution is 2.07. The van der Waals surface area contributed by atoms with Crippen LogP contribution in [0.2, 0.25) is 0 Å². The predicted octanol–water partition coefficient (Wildman–Crippen LogP) is 1.29. The van der Waals surface area contributed by atoms with Crippen LogP contribution in [0.4, 0.5) is 0 Å². The van der Waals surface area contributed by atoms with Crippen molar-refractivity contribution in [2.45, 2.75) is 0 Å². The van der Waals surface area contributed by atoms with Gasteiger partial charge >= 0.3 is 0 Å². The summed E-state index contributed by atoms with van der Waals surface area (Å²) >= 11 is 1.18. The van der Waals surface area contributed by atoms with E-state index in [1.165, 1.54) is 23.1 Å². The van der Waals surface area contributed by atoms with Gasteiger partial charge in [0.05, 0.1) is 11.6 Å². The summed E-state index contributed by atoms with van der Waals surface area (Å²) in [6, 6.07) is 0. The molecule has 0 aliphatic heterocycles. The van der Waals surface area contributed by atoms with Crippen LogP contribution in [0.15, 0.2) is 11.6 Å². The van der Waals surface area contributed by atoms with Crippen molar-refractivity contribution in [1.29, 1.82) is 0 Å². The molecule has 1 aromatic heterocycles. The third kappa shape index (κ3) is 0.490. The van der Waals surface area contributed by atoms with Gasteiger partial charge in [0.15, 0.2) is 0 Å². The normalized spacial score (nSPS) is 8.67. The number of hydrogen-bond donors (Lipinski definition) is 0. The van der Waals surface area contributed by atoms with Crippen LogP contribution in [0.1, 0.15) is 0 Å². The molecule has 0 fully saturated rings. The molecule has 0 spiro atoms. The van der Waals surface area contributed by atoms with Crippen LogP contribution in [-0.2, 0) is 5.11 Å². The van der Waals surface area contributed by atoms with E-state index in [-0.39, 0.29) is 5.75 Å². The number of aromatic nitrogens is 1. The molecule has 1 aromatic rings. The van der Waals surface area contributed by atoms with Gasteiger partial charge in [0, 0.05) is 0 Å². The SMILES string of the molecule is [O]c1cnsc1. The Labute approximate surface area is 39.2 Å². The van der Waals surface area contributed by atoms with Crippen molar-refractivity contribution in [3.8, 4) is 5.75 Å². The van der Waals surface area contributed by atoms with Gasteiger partial charge in [-0.05, 0) is 11.5 Å². The molecule has 2 nitrogen and oxygen atoms in total. The number of rotatable bonds is 0. The van der Waals surface area contributed by atoms with E-state index in [9.17, 15) is 5.11 Å². The molecular formula is C3H2NOS. The quantitative estimate of drug-likeness (QED) is 0.483. The topological polar surface area (TPSA) is 32.8 Å². The molecule has 3 heteroatoms. The second kappa shape index (κ2) is 1.26. The molecule has 0 aliphatic carbocycles. The molecule has 0 atom stereocenters. The van der Waals surface area contributed by atoms with E-state index >= 15 is 0 Å². The van der Waals surface area contributed by atoms with Gasteiger partial charge in [-0.15, -0.1) is 0 Å². The predicted molar refractivity (Wildman–Crippen MR) is 22.2 cm³/mol. The molecule has 31 valence electrons. The molecule has 0 saturated carbocycles. The van der Waals surface area contributed by atoms with Crippen LogP contribution in [0.5, 0.6) is 5.75 Å². The van der Waals surface area contributed by atoms with Crippen LogP contribution in [-0.4, -0.2) is 4.37 Å². The van der Waals surface area contributed by atoms with Crippen molar-refractivity contribution >= 4 is 11.5 Å². The van der Waals surface area contributed by atoms with Crippen molar-refractivity contribution in [2.75, 3.05) is 0 Å². The first-order valence-electron chi connectivity index (χ1n) is 1.46. The van der Waals surface area contributed by atoms with Crippen molar-refractivity contribution in [3.63, 3.8) is 0 Å². The highest BCUT2D eigenvalue weighted by atomic mass is 32.1. The van der Waals surface area contributed by atoms with Crippen LogP contribution in [0, 0.1) is 0 Å². The molecule has 0 bridgehead atoms. The van der Waals surface area contributed by atoms with Gasteiger partial charge in [-0.2, -0.15) is 4.37 Å². The zero-order valence-corrected chi connectivity index (χ0v) is 3.73. The number of hydrogen-bond acceptors (Lipinski definition) is 2. The summed E-state index contributed by atoms with van der Waals surface area (Å²) < 4.78 is 3.55. The first kappa shape index (κ1) is 3.61. The molecule has 0 amide bonds. The molecule has 1 heterocycles. The number of nitrogens with zero attached hydrogens (tertiary/aromatic N) is 1. The molecule has 0 saturated heterocycles. The van der Waals surface area contributed by atoms with E-state index in [1.807, 2.05) is 0 Å². The Balaban J connectivity index is 3.05. The fraction of sp³-hybridized carbons (Fsp3) is 0. The monoisotopic (exact) mass is 100.0 g/mol. The maximum absolute atomic E-state index is 10.0. The standard InChI is InChI=1S/C3H2NOS/c5-3-1-4-6-2-3/h1-2H. The Morgan fingerprint density at radius 1 is 1.83 bits per heavy atom. The van der Waals surface area contributed by atoms with Gasteiger partial charge in [-0.25, -0.2) is 0 Å². The van der Waals surface area contributed by atoms with E-state index in [1.54, 1.807) is 0 Å². The van der Waals surface area contributed by atoms with Crippen LogP contribution < -0.4 is 0 Å². The zero-order valence-electron chi connectivity index (χ0n) is 2.92. The van der Waals surface area contributed by atoms with Crippen molar-refractivity contribution in [2.24, 2.45) is 0 Å².